The average Bonchev–Trinajstić information content (AvgIpc) is 2.46. The van der Waals surface area contributed by atoms with Crippen molar-refractivity contribution in [1.29, 1.82) is 0 Å². The Labute approximate surface area is 98.9 Å². The van der Waals surface area contributed by atoms with Gasteiger partial charge in [0.2, 0.25) is 5.82 Å². The molecule has 1 aliphatic rings. The highest BCUT2D eigenvalue weighted by Crippen LogP contribution is 2.32. The average molecular weight is 240 g/mol. The fourth-order valence-corrected chi connectivity index (χ4v) is 2.10. The van der Waals surface area contributed by atoms with Gasteiger partial charge >= 0.3 is 5.69 Å². The maximum atomic E-state index is 11.0. The number of nitrogens with zero attached hydrogens (tertiary/aromatic N) is 3. The molecule has 0 radical (unpaired) electrons. The molecule has 0 unspecified atom stereocenters. The molecule has 0 spiro atoms. The number of hydrogen-bond acceptors (Lipinski definition) is 5. The Morgan fingerprint density at radius 3 is 2.76 bits per heavy atom. The lowest BCUT2D eigenvalue weighted by atomic mass is 9.89. The van der Waals surface area contributed by atoms with E-state index in [0.717, 1.165) is 12.8 Å². The smallest absolute Gasteiger partial charge is 0.333 e. The third kappa shape index (κ3) is 2.10. The molecule has 7 nitrogen and oxygen atoms in total. The molecule has 0 amide bonds. The monoisotopic (exact) mass is 240 g/mol. The summed E-state index contributed by atoms with van der Waals surface area (Å²) >= 11 is 0. The summed E-state index contributed by atoms with van der Waals surface area (Å²) in [6.45, 7) is 1.64. The first-order chi connectivity index (χ1) is 8.02. The molecule has 1 aliphatic carbocycles. The van der Waals surface area contributed by atoms with Crippen LogP contribution in [0.4, 0.5) is 11.5 Å². The van der Waals surface area contributed by atoms with Crippen molar-refractivity contribution >= 4 is 11.5 Å². The van der Waals surface area contributed by atoms with E-state index in [-0.39, 0.29) is 17.8 Å². The molecule has 0 atom stereocenters. The summed E-state index contributed by atoms with van der Waals surface area (Å²) in [6, 6.07) is 0.230. The highest BCUT2D eigenvalue weighted by atomic mass is 16.6. The van der Waals surface area contributed by atoms with Gasteiger partial charge in [-0.05, 0) is 19.8 Å². The minimum atomic E-state index is -0.392. The predicted octanol–water partition coefficient (Wildman–Crippen LogP) is 1.23. The molecule has 1 heterocycles. The number of anilines is 1. The molecule has 0 aromatic carbocycles. The van der Waals surface area contributed by atoms with Crippen LogP contribution < -0.4 is 5.32 Å². The molecule has 0 aliphatic heterocycles. The lowest BCUT2D eigenvalue weighted by molar-refractivity contribution is -0.384. The summed E-state index contributed by atoms with van der Waals surface area (Å²) < 4.78 is 6.69. The number of nitrogens with one attached hydrogen (secondary N) is 1. The van der Waals surface area contributed by atoms with Gasteiger partial charge in [0.15, 0.2) is 0 Å². The quantitative estimate of drug-likeness (QED) is 0.632. The fourth-order valence-electron chi connectivity index (χ4n) is 2.10. The molecule has 1 aromatic rings. The zero-order chi connectivity index (χ0) is 12.6. The predicted molar refractivity (Wildman–Crippen MR) is 62.0 cm³/mol. The third-order valence-electron chi connectivity index (χ3n) is 3.14. The number of ether oxygens (including phenoxy) is 1. The summed E-state index contributed by atoms with van der Waals surface area (Å²) in [7, 11) is 3.38. The zero-order valence-corrected chi connectivity index (χ0v) is 10.1. The van der Waals surface area contributed by atoms with Gasteiger partial charge in [-0.2, -0.15) is 5.10 Å². The van der Waals surface area contributed by atoms with E-state index in [4.69, 9.17) is 4.74 Å². The van der Waals surface area contributed by atoms with E-state index in [0.29, 0.717) is 11.5 Å². The van der Waals surface area contributed by atoms with Crippen LogP contribution in [0.25, 0.3) is 0 Å². The summed E-state index contributed by atoms with van der Waals surface area (Å²) in [5, 5.41) is 18.2. The van der Waals surface area contributed by atoms with Gasteiger partial charge in [-0.3, -0.25) is 10.1 Å². The molecule has 1 fully saturated rings. The molecule has 7 heteroatoms. The Bertz CT molecular complexity index is 437. The van der Waals surface area contributed by atoms with Gasteiger partial charge in [0.25, 0.3) is 0 Å². The largest absolute Gasteiger partial charge is 0.381 e. The molecule has 94 valence electrons. The van der Waals surface area contributed by atoms with Crippen molar-refractivity contribution in [3.8, 4) is 0 Å². The number of rotatable bonds is 4. The second-order valence-corrected chi connectivity index (χ2v) is 4.33. The van der Waals surface area contributed by atoms with E-state index in [1.807, 2.05) is 0 Å². The van der Waals surface area contributed by atoms with Crippen LogP contribution in [0.1, 0.15) is 18.5 Å². The fraction of sp³-hybridized carbons (Fsp3) is 0.700. The summed E-state index contributed by atoms with van der Waals surface area (Å²) in [5.41, 5.74) is 0.496. The first-order valence-corrected chi connectivity index (χ1v) is 5.50. The maximum Gasteiger partial charge on any atom is 0.333 e. The van der Waals surface area contributed by atoms with Crippen molar-refractivity contribution < 1.29 is 9.66 Å². The van der Waals surface area contributed by atoms with Crippen molar-refractivity contribution in [3.05, 3.63) is 15.8 Å². The van der Waals surface area contributed by atoms with Crippen LogP contribution in [-0.2, 0) is 11.8 Å². The van der Waals surface area contributed by atoms with Gasteiger partial charge in [0.05, 0.1) is 11.0 Å². The van der Waals surface area contributed by atoms with Gasteiger partial charge < -0.3 is 10.1 Å². The van der Waals surface area contributed by atoms with Gasteiger partial charge in [-0.15, -0.1) is 0 Å². The van der Waals surface area contributed by atoms with Crippen molar-refractivity contribution in [2.45, 2.75) is 31.9 Å². The topological polar surface area (TPSA) is 82.2 Å². The van der Waals surface area contributed by atoms with Crippen molar-refractivity contribution in [2.24, 2.45) is 7.05 Å². The molecule has 1 saturated carbocycles. The van der Waals surface area contributed by atoms with E-state index in [9.17, 15) is 10.1 Å². The Kier molecular flexibility index (Phi) is 3.01. The zero-order valence-electron chi connectivity index (χ0n) is 10.1. The van der Waals surface area contributed by atoms with Crippen molar-refractivity contribution in [2.75, 3.05) is 12.4 Å². The van der Waals surface area contributed by atoms with Gasteiger partial charge in [-0.1, -0.05) is 0 Å². The number of nitro groups is 1. The van der Waals surface area contributed by atoms with Crippen LogP contribution in [0.3, 0.4) is 0 Å². The Morgan fingerprint density at radius 1 is 1.59 bits per heavy atom. The second kappa shape index (κ2) is 4.33. The third-order valence-corrected chi connectivity index (χ3v) is 3.14. The highest BCUT2D eigenvalue weighted by molar-refractivity contribution is 5.60. The van der Waals surface area contributed by atoms with E-state index in [1.54, 1.807) is 21.1 Å². The lowest BCUT2D eigenvalue weighted by Crippen LogP contribution is -2.40. The Balaban J connectivity index is 2.13. The minimum absolute atomic E-state index is 0.0633. The number of methoxy groups -OCH3 is 1. The molecule has 17 heavy (non-hydrogen) atoms. The van der Waals surface area contributed by atoms with Crippen molar-refractivity contribution in [1.82, 2.24) is 9.78 Å². The van der Waals surface area contributed by atoms with Crippen LogP contribution >= 0.6 is 0 Å². The first-order valence-electron chi connectivity index (χ1n) is 5.50. The van der Waals surface area contributed by atoms with Gasteiger partial charge in [0.1, 0.15) is 5.69 Å². The van der Waals surface area contributed by atoms with E-state index >= 15 is 0 Å². The summed E-state index contributed by atoms with van der Waals surface area (Å²) in [6.07, 6.45) is 2.01. The van der Waals surface area contributed by atoms with Crippen LogP contribution in [0, 0.1) is 17.0 Å². The maximum absolute atomic E-state index is 11.0. The molecule has 0 saturated heterocycles. The van der Waals surface area contributed by atoms with E-state index < -0.39 is 4.92 Å². The molecule has 1 aromatic heterocycles. The van der Waals surface area contributed by atoms with Crippen LogP contribution in [-0.4, -0.2) is 34.0 Å². The van der Waals surface area contributed by atoms with E-state index in [1.165, 1.54) is 4.68 Å². The normalized spacial score (nSPS) is 23.2. The highest BCUT2D eigenvalue weighted by Gasteiger charge is 2.33. The molecular weight excluding hydrogens is 224 g/mol. The standard InChI is InChI=1S/C10H16N4O3/c1-6-9(14(15)16)10(13(2)12-6)11-7-4-8(5-7)17-3/h7-8,11H,4-5H2,1-3H3. The summed E-state index contributed by atoms with van der Waals surface area (Å²) in [4.78, 5) is 10.6. The number of aryl methyl sites for hydroxylation is 2. The number of hydrogen-bond donors (Lipinski definition) is 1. The SMILES string of the molecule is COC1CC(Nc2c([N+](=O)[O-])c(C)nn2C)C1. The molecule has 0 bridgehead atoms. The minimum Gasteiger partial charge on any atom is -0.381 e. The van der Waals surface area contributed by atoms with Gasteiger partial charge in [0, 0.05) is 20.2 Å². The van der Waals surface area contributed by atoms with Crippen molar-refractivity contribution in [3.63, 3.8) is 0 Å². The van der Waals surface area contributed by atoms with E-state index in [2.05, 4.69) is 10.4 Å². The molecular formula is C10H16N4O3. The second-order valence-electron chi connectivity index (χ2n) is 4.33. The number of aromatic nitrogens is 2. The molecule has 2 rings (SSSR count). The van der Waals surface area contributed by atoms with Crippen LogP contribution in [0.2, 0.25) is 0 Å². The van der Waals surface area contributed by atoms with Crippen LogP contribution in [0.5, 0.6) is 0 Å². The Hall–Kier alpha value is -1.63. The lowest BCUT2D eigenvalue weighted by Gasteiger charge is -2.34. The Morgan fingerprint density at radius 2 is 2.24 bits per heavy atom. The van der Waals surface area contributed by atoms with Crippen LogP contribution in [0.15, 0.2) is 0 Å². The first kappa shape index (κ1) is 11.8. The molecule has 1 N–H and O–H groups in total. The van der Waals surface area contributed by atoms with Gasteiger partial charge in [-0.25, -0.2) is 4.68 Å². The summed E-state index contributed by atoms with van der Waals surface area (Å²) in [5.74, 6) is 0.479.